The molecule has 2 heterocycles. The van der Waals surface area contributed by atoms with Crippen LogP contribution in [0.25, 0.3) is 0 Å². The molecule has 1 aliphatic heterocycles. The van der Waals surface area contributed by atoms with Gasteiger partial charge >= 0.3 is 0 Å². The second-order valence-corrected chi connectivity index (χ2v) is 2.66. The minimum absolute atomic E-state index is 0. The fourth-order valence-corrected chi connectivity index (χ4v) is 1.27. The van der Waals surface area contributed by atoms with E-state index >= 15 is 0 Å². The summed E-state index contributed by atoms with van der Waals surface area (Å²) in [5.41, 5.74) is 3.69. The van der Waals surface area contributed by atoms with Crippen molar-refractivity contribution in [2.24, 2.45) is 0 Å². The van der Waals surface area contributed by atoms with Crippen molar-refractivity contribution in [1.82, 2.24) is 10.3 Å². The first kappa shape index (κ1) is 11.7. The van der Waals surface area contributed by atoms with Gasteiger partial charge < -0.3 is 5.32 Å². The van der Waals surface area contributed by atoms with Crippen molar-refractivity contribution in [3.05, 3.63) is 29.1 Å². The van der Waals surface area contributed by atoms with Gasteiger partial charge in [0.2, 0.25) is 0 Å². The summed E-state index contributed by atoms with van der Waals surface area (Å²) in [5, 5.41) is 3.25. The van der Waals surface area contributed by atoms with E-state index in [1.165, 1.54) is 11.3 Å². The third kappa shape index (κ3) is 2.09. The van der Waals surface area contributed by atoms with Crippen LogP contribution >= 0.6 is 24.8 Å². The molecule has 2 rings (SSSR count). The SMILES string of the molecule is Cc1ccc2c(n1)CNC2.Cl.Cl. The number of fused-ring (bicyclic) bond motifs is 1. The molecule has 12 heavy (non-hydrogen) atoms. The van der Waals surface area contributed by atoms with Gasteiger partial charge in [0.15, 0.2) is 0 Å². The lowest BCUT2D eigenvalue weighted by atomic mass is 10.2. The normalized spacial score (nSPS) is 12.8. The summed E-state index contributed by atoms with van der Waals surface area (Å²) in [6, 6.07) is 4.21. The highest BCUT2D eigenvalue weighted by molar-refractivity contribution is 5.85. The molecule has 4 heteroatoms. The molecule has 1 N–H and O–H groups in total. The minimum Gasteiger partial charge on any atom is -0.307 e. The Hall–Kier alpha value is -0.310. The molecule has 0 unspecified atom stereocenters. The van der Waals surface area contributed by atoms with E-state index in [0.717, 1.165) is 18.8 Å². The van der Waals surface area contributed by atoms with Crippen LogP contribution in [0.5, 0.6) is 0 Å². The molecular formula is C8H12Cl2N2. The zero-order valence-electron chi connectivity index (χ0n) is 6.83. The van der Waals surface area contributed by atoms with Gasteiger partial charge in [-0.2, -0.15) is 0 Å². The zero-order valence-corrected chi connectivity index (χ0v) is 8.47. The van der Waals surface area contributed by atoms with Gasteiger partial charge in [-0.05, 0) is 18.6 Å². The average Bonchev–Trinajstić information content (AvgIpc) is 2.33. The van der Waals surface area contributed by atoms with Crippen molar-refractivity contribution < 1.29 is 0 Å². The van der Waals surface area contributed by atoms with Gasteiger partial charge in [0.1, 0.15) is 0 Å². The molecule has 0 spiro atoms. The van der Waals surface area contributed by atoms with Crippen LogP contribution in [0.4, 0.5) is 0 Å². The van der Waals surface area contributed by atoms with Crippen LogP contribution < -0.4 is 5.32 Å². The highest BCUT2D eigenvalue weighted by atomic mass is 35.5. The van der Waals surface area contributed by atoms with E-state index in [-0.39, 0.29) is 24.8 Å². The Bertz CT molecular complexity index is 263. The molecule has 0 saturated carbocycles. The molecule has 1 aliphatic rings. The van der Waals surface area contributed by atoms with Crippen LogP contribution in [0.2, 0.25) is 0 Å². The second-order valence-electron chi connectivity index (χ2n) is 2.66. The van der Waals surface area contributed by atoms with E-state index in [4.69, 9.17) is 0 Å². The molecule has 2 nitrogen and oxygen atoms in total. The summed E-state index contributed by atoms with van der Waals surface area (Å²) in [7, 11) is 0. The van der Waals surface area contributed by atoms with Crippen molar-refractivity contribution in [2.45, 2.75) is 20.0 Å². The first-order valence-electron chi connectivity index (χ1n) is 3.52. The van der Waals surface area contributed by atoms with Crippen LogP contribution in [-0.4, -0.2) is 4.98 Å². The summed E-state index contributed by atoms with van der Waals surface area (Å²) >= 11 is 0. The summed E-state index contributed by atoms with van der Waals surface area (Å²) < 4.78 is 0. The third-order valence-electron chi connectivity index (χ3n) is 1.82. The Morgan fingerprint density at radius 3 is 2.75 bits per heavy atom. The van der Waals surface area contributed by atoms with Gasteiger partial charge in [0, 0.05) is 18.8 Å². The van der Waals surface area contributed by atoms with Crippen LogP contribution in [-0.2, 0) is 13.1 Å². The fourth-order valence-electron chi connectivity index (χ4n) is 1.27. The van der Waals surface area contributed by atoms with Crippen LogP contribution in [0.15, 0.2) is 12.1 Å². The minimum atomic E-state index is 0. The van der Waals surface area contributed by atoms with Crippen molar-refractivity contribution >= 4 is 24.8 Å². The lowest BCUT2D eigenvalue weighted by Gasteiger charge is -1.96. The quantitative estimate of drug-likeness (QED) is 0.702. The molecule has 0 amide bonds. The maximum absolute atomic E-state index is 4.39. The summed E-state index contributed by atoms with van der Waals surface area (Å²) in [6.45, 7) is 3.96. The van der Waals surface area contributed by atoms with Crippen molar-refractivity contribution in [3.8, 4) is 0 Å². The first-order valence-corrected chi connectivity index (χ1v) is 3.52. The Kier molecular flexibility index (Phi) is 4.53. The van der Waals surface area contributed by atoms with Gasteiger partial charge in [-0.1, -0.05) is 6.07 Å². The first-order chi connectivity index (χ1) is 4.86. The van der Waals surface area contributed by atoms with E-state index < -0.39 is 0 Å². The molecule has 1 aromatic rings. The summed E-state index contributed by atoms with van der Waals surface area (Å²) in [5.74, 6) is 0. The molecule has 0 aromatic carbocycles. The van der Waals surface area contributed by atoms with Crippen LogP contribution in [0.3, 0.4) is 0 Å². The fraction of sp³-hybridized carbons (Fsp3) is 0.375. The number of aromatic nitrogens is 1. The van der Waals surface area contributed by atoms with E-state index in [9.17, 15) is 0 Å². The predicted octanol–water partition coefficient (Wildman–Crippen LogP) is 1.84. The Balaban J connectivity index is 0.000000605. The Morgan fingerprint density at radius 2 is 2.00 bits per heavy atom. The number of rotatable bonds is 0. The van der Waals surface area contributed by atoms with Crippen LogP contribution in [0.1, 0.15) is 17.0 Å². The molecule has 0 atom stereocenters. The Morgan fingerprint density at radius 1 is 1.25 bits per heavy atom. The number of nitrogens with zero attached hydrogens (tertiary/aromatic N) is 1. The molecule has 0 bridgehead atoms. The second kappa shape index (κ2) is 4.65. The third-order valence-corrected chi connectivity index (χ3v) is 1.82. The van der Waals surface area contributed by atoms with Crippen LogP contribution in [0, 0.1) is 6.92 Å². The maximum Gasteiger partial charge on any atom is 0.0589 e. The molecular weight excluding hydrogens is 195 g/mol. The smallest absolute Gasteiger partial charge is 0.0589 e. The largest absolute Gasteiger partial charge is 0.307 e. The Labute approximate surface area is 84.6 Å². The molecule has 68 valence electrons. The maximum atomic E-state index is 4.39. The lowest BCUT2D eigenvalue weighted by Crippen LogP contribution is -2.00. The highest BCUT2D eigenvalue weighted by Crippen LogP contribution is 2.12. The van der Waals surface area contributed by atoms with Gasteiger partial charge in [0.05, 0.1) is 5.69 Å². The average molecular weight is 207 g/mol. The molecule has 0 radical (unpaired) electrons. The van der Waals surface area contributed by atoms with Gasteiger partial charge in [-0.3, -0.25) is 4.98 Å². The lowest BCUT2D eigenvalue weighted by molar-refractivity contribution is 0.757. The standard InChI is InChI=1S/C8H10N2.2ClH/c1-6-2-3-7-4-9-5-8(7)10-6;;/h2-3,9H,4-5H2,1H3;2*1H. The number of halogens is 2. The van der Waals surface area contributed by atoms with Gasteiger partial charge in [-0.15, -0.1) is 24.8 Å². The van der Waals surface area contributed by atoms with Gasteiger partial charge in [-0.25, -0.2) is 0 Å². The number of nitrogens with one attached hydrogen (secondary N) is 1. The molecule has 0 fully saturated rings. The van der Waals surface area contributed by atoms with Gasteiger partial charge in [0.25, 0.3) is 0 Å². The van der Waals surface area contributed by atoms with E-state index in [1.807, 2.05) is 6.92 Å². The monoisotopic (exact) mass is 206 g/mol. The van der Waals surface area contributed by atoms with E-state index in [0.29, 0.717) is 0 Å². The summed E-state index contributed by atoms with van der Waals surface area (Å²) in [4.78, 5) is 4.39. The number of hydrogen-bond donors (Lipinski definition) is 1. The van der Waals surface area contributed by atoms with E-state index in [1.54, 1.807) is 0 Å². The highest BCUT2D eigenvalue weighted by Gasteiger charge is 2.09. The predicted molar refractivity (Wildman–Crippen MR) is 54.0 cm³/mol. The number of pyridine rings is 1. The van der Waals surface area contributed by atoms with Crippen molar-refractivity contribution in [1.29, 1.82) is 0 Å². The summed E-state index contributed by atoms with van der Waals surface area (Å²) in [6.07, 6.45) is 0. The zero-order chi connectivity index (χ0) is 6.97. The van der Waals surface area contributed by atoms with Crippen molar-refractivity contribution in [3.63, 3.8) is 0 Å². The number of aryl methyl sites for hydroxylation is 1. The topological polar surface area (TPSA) is 24.9 Å². The molecule has 0 saturated heterocycles. The molecule has 1 aromatic heterocycles. The number of hydrogen-bond acceptors (Lipinski definition) is 2. The van der Waals surface area contributed by atoms with Crippen molar-refractivity contribution in [2.75, 3.05) is 0 Å². The van der Waals surface area contributed by atoms with E-state index in [2.05, 4.69) is 22.4 Å². The molecule has 0 aliphatic carbocycles.